The number of rotatable bonds is 3. The van der Waals surface area contributed by atoms with Gasteiger partial charge in [-0.1, -0.05) is 17.7 Å². The Morgan fingerprint density at radius 2 is 1.84 bits per heavy atom. The first-order chi connectivity index (χ1) is 8.99. The van der Waals surface area contributed by atoms with Gasteiger partial charge >= 0.3 is 5.69 Å². The number of halogens is 3. The maximum Gasteiger partial charge on any atom is 0.311 e. The number of nitrogens with one attached hydrogen (secondary N) is 1. The van der Waals surface area contributed by atoms with Crippen LogP contribution in [-0.2, 0) is 0 Å². The van der Waals surface area contributed by atoms with E-state index in [0.29, 0.717) is 0 Å². The van der Waals surface area contributed by atoms with Gasteiger partial charge in [-0.05, 0) is 18.2 Å². The fourth-order valence-electron chi connectivity index (χ4n) is 1.40. The molecular weight excluding hydrogens is 280 g/mol. The molecule has 0 saturated heterocycles. The lowest BCUT2D eigenvalue weighted by Crippen LogP contribution is -2.03. The Morgan fingerprint density at radius 1 is 1.21 bits per heavy atom. The molecule has 0 saturated carbocycles. The monoisotopic (exact) mass is 285 g/mol. The van der Waals surface area contributed by atoms with Crippen LogP contribution in [0.15, 0.2) is 30.3 Å². The number of pyridine rings is 1. The van der Waals surface area contributed by atoms with Crippen molar-refractivity contribution in [3.05, 3.63) is 57.2 Å². The van der Waals surface area contributed by atoms with E-state index in [4.69, 9.17) is 11.6 Å². The summed E-state index contributed by atoms with van der Waals surface area (Å²) >= 11 is 5.61. The topological polar surface area (TPSA) is 68.1 Å². The minimum Gasteiger partial charge on any atom is -0.330 e. The zero-order valence-corrected chi connectivity index (χ0v) is 9.99. The highest BCUT2D eigenvalue weighted by Crippen LogP contribution is 2.29. The van der Waals surface area contributed by atoms with Gasteiger partial charge in [-0.3, -0.25) is 10.1 Å². The molecule has 2 aromatic rings. The number of benzene rings is 1. The normalized spacial score (nSPS) is 10.3. The second kappa shape index (κ2) is 5.15. The van der Waals surface area contributed by atoms with Crippen LogP contribution in [0.5, 0.6) is 0 Å². The number of hydrogen-bond acceptors (Lipinski definition) is 4. The molecule has 0 aliphatic rings. The average molecular weight is 286 g/mol. The van der Waals surface area contributed by atoms with Crippen molar-refractivity contribution in [3.8, 4) is 0 Å². The Balaban J connectivity index is 2.49. The minimum absolute atomic E-state index is 0.0372. The Hall–Kier alpha value is -2.28. The van der Waals surface area contributed by atoms with Crippen LogP contribution in [0.4, 0.5) is 26.0 Å². The molecule has 2 rings (SSSR count). The molecule has 0 bridgehead atoms. The molecule has 0 radical (unpaired) electrons. The van der Waals surface area contributed by atoms with E-state index >= 15 is 0 Å². The van der Waals surface area contributed by atoms with Crippen LogP contribution >= 0.6 is 11.6 Å². The maximum atomic E-state index is 13.4. The number of anilines is 2. The molecule has 19 heavy (non-hydrogen) atoms. The third-order valence-corrected chi connectivity index (χ3v) is 2.45. The van der Waals surface area contributed by atoms with Gasteiger partial charge in [0.05, 0.1) is 4.92 Å². The summed E-state index contributed by atoms with van der Waals surface area (Å²) in [6, 6.07) is 5.51. The van der Waals surface area contributed by atoms with Crippen molar-refractivity contribution in [2.24, 2.45) is 0 Å². The Labute approximate surface area is 111 Å². The first kappa shape index (κ1) is 13.2. The largest absolute Gasteiger partial charge is 0.330 e. The lowest BCUT2D eigenvalue weighted by molar-refractivity contribution is -0.384. The van der Waals surface area contributed by atoms with Crippen LogP contribution in [-0.4, -0.2) is 9.91 Å². The van der Waals surface area contributed by atoms with Crippen molar-refractivity contribution in [3.63, 3.8) is 0 Å². The van der Waals surface area contributed by atoms with E-state index in [1.165, 1.54) is 12.1 Å². The third kappa shape index (κ3) is 2.76. The summed E-state index contributed by atoms with van der Waals surface area (Å²) in [5.74, 6) is -2.12. The van der Waals surface area contributed by atoms with Crippen molar-refractivity contribution < 1.29 is 13.7 Å². The SMILES string of the molecule is O=[N+]([O-])c1ccc(Cl)nc1Nc1c(F)cccc1F. The van der Waals surface area contributed by atoms with Crippen LogP contribution in [0, 0.1) is 21.7 Å². The quantitative estimate of drug-likeness (QED) is 0.531. The number of hydrogen-bond donors (Lipinski definition) is 1. The van der Waals surface area contributed by atoms with Gasteiger partial charge in [0.15, 0.2) is 0 Å². The van der Waals surface area contributed by atoms with Crippen LogP contribution in [0.25, 0.3) is 0 Å². The highest BCUT2D eigenvalue weighted by atomic mass is 35.5. The summed E-state index contributed by atoms with van der Waals surface area (Å²) in [6.45, 7) is 0. The van der Waals surface area contributed by atoms with Crippen LogP contribution in [0.2, 0.25) is 5.15 Å². The fourth-order valence-corrected chi connectivity index (χ4v) is 1.55. The molecule has 8 heteroatoms. The van der Waals surface area contributed by atoms with Gasteiger partial charge in [0.25, 0.3) is 0 Å². The Morgan fingerprint density at radius 3 is 2.42 bits per heavy atom. The lowest BCUT2D eigenvalue weighted by Gasteiger charge is -2.08. The van der Waals surface area contributed by atoms with Crippen molar-refractivity contribution >= 4 is 28.8 Å². The predicted molar refractivity (Wildman–Crippen MR) is 65.5 cm³/mol. The molecular formula is C11H6ClF2N3O2. The van der Waals surface area contributed by atoms with Crippen molar-refractivity contribution in [1.82, 2.24) is 4.98 Å². The van der Waals surface area contributed by atoms with E-state index in [1.807, 2.05) is 0 Å². The second-order valence-electron chi connectivity index (χ2n) is 3.48. The van der Waals surface area contributed by atoms with Crippen molar-refractivity contribution in [2.45, 2.75) is 0 Å². The fraction of sp³-hybridized carbons (Fsp3) is 0. The molecule has 98 valence electrons. The summed E-state index contributed by atoms with van der Waals surface area (Å²) < 4.78 is 26.9. The third-order valence-electron chi connectivity index (χ3n) is 2.24. The smallest absolute Gasteiger partial charge is 0.311 e. The van der Waals surface area contributed by atoms with Crippen LogP contribution in [0.3, 0.4) is 0 Å². The highest BCUT2D eigenvalue weighted by Gasteiger charge is 2.18. The summed E-state index contributed by atoms with van der Waals surface area (Å²) in [6.07, 6.45) is 0. The molecule has 0 spiro atoms. The molecule has 1 aromatic heterocycles. The summed E-state index contributed by atoms with van der Waals surface area (Å²) in [5.41, 5.74) is -0.965. The van der Waals surface area contributed by atoms with E-state index < -0.39 is 27.9 Å². The summed E-state index contributed by atoms with van der Waals surface area (Å²) in [7, 11) is 0. The Bertz CT molecular complexity index is 632. The zero-order chi connectivity index (χ0) is 14.0. The molecule has 0 fully saturated rings. The summed E-state index contributed by atoms with van der Waals surface area (Å²) in [5, 5.41) is 13.0. The van der Waals surface area contributed by atoms with Gasteiger partial charge in [0, 0.05) is 6.07 Å². The molecule has 1 heterocycles. The van der Waals surface area contributed by atoms with Crippen LogP contribution in [0.1, 0.15) is 0 Å². The molecule has 0 atom stereocenters. The van der Waals surface area contributed by atoms with E-state index in [2.05, 4.69) is 10.3 Å². The van der Waals surface area contributed by atoms with Crippen LogP contribution < -0.4 is 5.32 Å². The standard InChI is InChI=1S/C11H6ClF2N3O2/c12-9-5-4-8(17(18)19)11(15-9)16-10-6(13)2-1-3-7(10)14/h1-5H,(H,15,16). The molecule has 0 unspecified atom stereocenters. The molecule has 0 aliphatic heterocycles. The summed E-state index contributed by atoms with van der Waals surface area (Å²) in [4.78, 5) is 13.7. The number of nitrogens with zero attached hydrogens (tertiary/aromatic N) is 2. The molecule has 0 aliphatic carbocycles. The number of nitro groups is 1. The van der Waals surface area contributed by atoms with E-state index in [0.717, 1.165) is 18.2 Å². The van der Waals surface area contributed by atoms with E-state index in [1.54, 1.807) is 0 Å². The average Bonchev–Trinajstić information content (AvgIpc) is 2.33. The lowest BCUT2D eigenvalue weighted by atomic mass is 10.3. The zero-order valence-electron chi connectivity index (χ0n) is 9.23. The van der Waals surface area contributed by atoms with Crippen molar-refractivity contribution in [1.29, 1.82) is 0 Å². The molecule has 1 aromatic carbocycles. The van der Waals surface area contributed by atoms with Crippen molar-refractivity contribution in [2.75, 3.05) is 5.32 Å². The molecule has 0 amide bonds. The van der Waals surface area contributed by atoms with Gasteiger partial charge in [0.1, 0.15) is 22.5 Å². The second-order valence-corrected chi connectivity index (χ2v) is 3.87. The van der Waals surface area contributed by atoms with Gasteiger partial charge in [-0.15, -0.1) is 0 Å². The number of aromatic nitrogens is 1. The highest BCUT2D eigenvalue weighted by molar-refractivity contribution is 6.29. The van der Waals surface area contributed by atoms with E-state index in [9.17, 15) is 18.9 Å². The Kier molecular flexibility index (Phi) is 3.57. The predicted octanol–water partition coefficient (Wildman–Crippen LogP) is 3.67. The van der Waals surface area contributed by atoms with Gasteiger partial charge in [-0.2, -0.15) is 0 Å². The van der Waals surface area contributed by atoms with Gasteiger partial charge < -0.3 is 5.32 Å². The molecule has 1 N–H and O–H groups in total. The first-order valence-electron chi connectivity index (χ1n) is 5.01. The van der Waals surface area contributed by atoms with Gasteiger partial charge in [0.2, 0.25) is 5.82 Å². The number of para-hydroxylation sites is 1. The van der Waals surface area contributed by atoms with E-state index in [-0.39, 0.29) is 11.0 Å². The molecule has 5 nitrogen and oxygen atoms in total. The van der Waals surface area contributed by atoms with Gasteiger partial charge in [-0.25, -0.2) is 13.8 Å². The minimum atomic E-state index is -0.893. The maximum absolute atomic E-state index is 13.4. The first-order valence-corrected chi connectivity index (χ1v) is 5.39.